The van der Waals surface area contributed by atoms with Crippen LogP contribution in [0.5, 0.6) is 5.75 Å². The lowest BCUT2D eigenvalue weighted by Gasteiger charge is -2.06. The fourth-order valence-corrected chi connectivity index (χ4v) is 1.79. The number of aromatic nitrogens is 6. The second-order valence-corrected chi connectivity index (χ2v) is 4.11. The molecule has 2 N–H and O–H groups in total. The summed E-state index contributed by atoms with van der Waals surface area (Å²) < 4.78 is 6.83. The van der Waals surface area contributed by atoms with Crippen molar-refractivity contribution in [1.29, 1.82) is 0 Å². The summed E-state index contributed by atoms with van der Waals surface area (Å²) in [6, 6.07) is 7.44. The predicted octanol–water partition coefficient (Wildman–Crippen LogP) is 1.10. The zero-order chi connectivity index (χ0) is 14.7. The Kier molecular flexibility index (Phi) is 3.42. The van der Waals surface area contributed by atoms with E-state index < -0.39 is 0 Å². The predicted molar refractivity (Wildman–Crippen MR) is 75.8 cm³/mol. The highest BCUT2D eigenvalue weighted by Crippen LogP contribution is 2.20. The minimum absolute atomic E-state index is 0.124. The van der Waals surface area contributed by atoms with Gasteiger partial charge >= 0.3 is 0 Å². The lowest BCUT2D eigenvalue weighted by Crippen LogP contribution is -2.08. The Bertz CT molecular complexity index is 725. The van der Waals surface area contributed by atoms with Gasteiger partial charge in [0.25, 0.3) is 5.95 Å². The lowest BCUT2D eigenvalue weighted by molar-refractivity contribution is 0.340. The first-order valence-corrected chi connectivity index (χ1v) is 6.36. The summed E-state index contributed by atoms with van der Waals surface area (Å²) in [7, 11) is 0. The first kappa shape index (κ1) is 13.0. The fourth-order valence-electron chi connectivity index (χ4n) is 1.79. The third-order valence-corrected chi connectivity index (χ3v) is 2.69. The second-order valence-electron chi connectivity index (χ2n) is 4.11. The highest BCUT2D eigenvalue weighted by Gasteiger charge is 2.09. The third kappa shape index (κ3) is 2.78. The fraction of sp³-hybridized carbons (Fsp3) is 0.154. The first-order valence-electron chi connectivity index (χ1n) is 6.36. The van der Waals surface area contributed by atoms with Gasteiger partial charge in [-0.05, 0) is 31.2 Å². The maximum atomic E-state index is 5.73. The highest BCUT2D eigenvalue weighted by molar-refractivity contribution is 5.57. The second kappa shape index (κ2) is 5.53. The summed E-state index contributed by atoms with van der Waals surface area (Å²) in [4.78, 5) is 16.4. The van der Waals surface area contributed by atoms with E-state index in [4.69, 9.17) is 10.5 Å². The number of anilines is 1. The Labute approximate surface area is 120 Å². The Morgan fingerprint density at radius 3 is 2.62 bits per heavy atom. The number of hydrogen-bond donors (Lipinski definition) is 1. The van der Waals surface area contributed by atoms with Crippen molar-refractivity contribution in [3.63, 3.8) is 0 Å². The van der Waals surface area contributed by atoms with Crippen molar-refractivity contribution in [2.45, 2.75) is 6.92 Å². The molecule has 0 bridgehead atoms. The smallest absolute Gasteiger partial charge is 0.257 e. The molecule has 0 aliphatic rings. The molecule has 0 fully saturated rings. The average molecular weight is 283 g/mol. The standard InChI is InChI=1S/C13H13N7O/c1-2-21-10-5-3-9(4-6-10)11-17-12(14)19-13(18-11)20-8-15-7-16-20/h3-8H,2H2,1H3,(H2,14,17,18,19). The molecule has 2 aromatic heterocycles. The molecule has 3 aromatic rings. The average Bonchev–Trinajstić information content (AvgIpc) is 3.02. The van der Waals surface area contributed by atoms with Crippen LogP contribution in [-0.2, 0) is 0 Å². The van der Waals surface area contributed by atoms with Crippen LogP contribution in [0.1, 0.15) is 6.92 Å². The number of ether oxygens (including phenoxy) is 1. The van der Waals surface area contributed by atoms with Gasteiger partial charge in [0.15, 0.2) is 5.82 Å². The van der Waals surface area contributed by atoms with Crippen LogP contribution >= 0.6 is 0 Å². The summed E-state index contributed by atoms with van der Waals surface area (Å²) in [5.41, 5.74) is 6.55. The Morgan fingerprint density at radius 2 is 1.95 bits per heavy atom. The van der Waals surface area contributed by atoms with Crippen LogP contribution in [0.4, 0.5) is 5.95 Å². The molecule has 8 nitrogen and oxygen atoms in total. The number of rotatable bonds is 4. The zero-order valence-electron chi connectivity index (χ0n) is 11.3. The minimum atomic E-state index is 0.124. The van der Waals surface area contributed by atoms with Crippen molar-refractivity contribution in [2.24, 2.45) is 0 Å². The monoisotopic (exact) mass is 283 g/mol. The maximum absolute atomic E-state index is 5.73. The molecule has 0 atom stereocenters. The van der Waals surface area contributed by atoms with E-state index in [1.807, 2.05) is 31.2 Å². The summed E-state index contributed by atoms with van der Waals surface area (Å²) in [6.07, 6.45) is 2.90. The van der Waals surface area contributed by atoms with Crippen LogP contribution in [0.15, 0.2) is 36.9 Å². The molecule has 106 valence electrons. The van der Waals surface area contributed by atoms with Crippen molar-refractivity contribution in [3.8, 4) is 23.1 Å². The number of nitrogens with zero attached hydrogens (tertiary/aromatic N) is 6. The zero-order valence-corrected chi connectivity index (χ0v) is 11.3. The van der Waals surface area contributed by atoms with Gasteiger partial charge in [0.2, 0.25) is 5.95 Å². The van der Waals surface area contributed by atoms with Crippen LogP contribution in [0.3, 0.4) is 0 Å². The largest absolute Gasteiger partial charge is 0.494 e. The third-order valence-electron chi connectivity index (χ3n) is 2.69. The van der Waals surface area contributed by atoms with Gasteiger partial charge in [0.1, 0.15) is 18.4 Å². The van der Waals surface area contributed by atoms with Crippen LogP contribution in [-0.4, -0.2) is 36.3 Å². The van der Waals surface area contributed by atoms with Crippen molar-refractivity contribution in [2.75, 3.05) is 12.3 Å². The van der Waals surface area contributed by atoms with E-state index in [9.17, 15) is 0 Å². The highest BCUT2D eigenvalue weighted by atomic mass is 16.5. The molecule has 0 aliphatic carbocycles. The molecular weight excluding hydrogens is 270 g/mol. The SMILES string of the molecule is CCOc1ccc(-c2nc(N)nc(-n3cncn3)n2)cc1. The molecule has 1 aromatic carbocycles. The van der Waals surface area contributed by atoms with E-state index in [0.29, 0.717) is 18.4 Å². The number of hydrogen-bond acceptors (Lipinski definition) is 7. The van der Waals surface area contributed by atoms with E-state index in [-0.39, 0.29) is 5.95 Å². The van der Waals surface area contributed by atoms with Gasteiger partial charge in [-0.2, -0.15) is 24.7 Å². The van der Waals surface area contributed by atoms with Crippen LogP contribution < -0.4 is 10.5 Å². The first-order chi connectivity index (χ1) is 10.3. The molecule has 2 heterocycles. The summed E-state index contributed by atoms with van der Waals surface area (Å²) in [5, 5.41) is 3.98. The van der Waals surface area contributed by atoms with E-state index in [2.05, 4.69) is 25.0 Å². The van der Waals surface area contributed by atoms with Crippen LogP contribution in [0, 0.1) is 0 Å². The van der Waals surface area contributed by atoms with Gasteiger partial charge < -0.3 is 10.5 Å². The quantitative estimate of drug-likeness (QED) is 0.764. The van der Waals surface area contributed by atoms with E-state index in [1.54, 1.807) is 0 Å². The summed E-state index contributed by atoms with van der Waals surface area (Å²) in [5.74, 6) is 1.71. The molecule has 21 heavy (non-hydrogen) atoms. The number of nitrogen functional groups attached to an aromatic ring is 1. The maximum Gasteiger partial charge on any atom is 0.257 e. The van der Waals surface area contributed by atoms with Crippen molar-refractivity contribution < 1.29 is 4.74 Å². The van der Waals surface area contributed by atoms with E-state index in [0.717, 1.165) is 11.3 Å². The van der Waals surface area contributed by atoms with Gasteiger partial charge in [-0.1, -0.05) is 0 Å². The molecule has 0 saturated heterocycles. The van der Waals surface area contributed by atoms with Gasteiger partial charge in [0, 0.05) is 5.56 Å². The Morgan fingerprint density at radius 1 is 1.14 bits per heavy atom. The van der Waals surface area contributed by atoms with Crippen molar-refractivity contribution in [3.05, 3.63) is 36.9 Å². The topological polar surface area (TPSA) is 105 Å². The summed E-state index contributed by atoms with van der Waals surface area (Å²) in [6.45, 7) is 2.56. The molecule has 0 radical (unpaired) electrons. The van der Waals surface area contributed by atoms with Crippen molar-refractivity contribution >= 4 is 5.95 Å². The Balaban J connectivity index is 1.98. The molecule has 0 amide bonds. The van der Waals surface area contributed by atoms with E-state index >= 15 is 0 Å². The van der Waals surface area contributed by atoms with Crippen LogP contribution in [0.25, 0.3) is 17.3 Å². The van der Waals surface area contributed by atoms with Crippen LogP contribution in [0.2, 0.25) is 0 Å². The lowest BCUT2D eigenvalue weighted by atomic mass is 10.2. The van der Waals surface area contributed by atoms with Crippen molar-refractivity contribution in [1.82, 2.24) is 29.7 Å². The van der Waals surface area contributed by atoms with E-state index in [1.165, 1.54) is 17.3 Å². The molecule has 0 spiro atoms. The molecule has 0 saturated carbocycles. The Hall–Kier alpha value is -3.03. The van der Waals surface area contributed by atoms with Gasteiger partial charge in [0.05, 0.1) is 6.61 Å². The molecule has 0 aliphatic heterocycles. The molecule has 8 heteroatoms. The molecule has 3 rings (SSSR count). The number of nitrogens with two attached hydrogens (primary N) is 1. The van der Waals surface area contributed by atoms with Gasteiger partial charge in [-0.3, -0.25) is 0 Å². The van der Waals surface area contributed by atoms with Gasteiger partial charge in [-0.15, -0.1) is 0 Å². The van der Waals surface area contributed by atoms with Gasteiger partial charge in [-0.25, -0.2) is 4.98 Å². The molecule has 0 unspecified atom stereocenters. The molecular formula is C13H13N7O. The number of benzene rings is 1. The summed E-state index contributed by atoms with van der Waals surface area (Å²) >= 11 is 0. The minimum Gasteiger partial charge on any atom is -0.494 e. The normalized spacial score (nSPS) is 10.5.